The van der Waals surface area contributed by atoms with Gasteiger partial charge in [-0.15, -0.1) is 0 Å². The van der Waals surface area contributed by atoms with Crippen LogP contribution in [0, 0.1) is 0 Å². The van der Waals surface area contributed by atoms with Crippen LogP contribution in [-0.4, -0.2) is 11.1 Å². The molecule has 1 rings (SSSR count). The average Bonchev–Trinajstić information content (AvgIpc) is 2.28. The number of benzene rings is 1. The third-order valence-electron chi connectivity index (χ3n) is 2.90. The molecule has 16 heavy (non-hydrogen) atoms. The van der Waals surface area contributed by atoms with E-state index in [9.17, 15) is 5.11 Å². The van der Waals surface area contributed by atoms with Gasteiger partial charge < -0.3 is 10.8 Å². The topological polar surface area (TPSA) is 46.2 Å². The second-order valence-electron chi connectivity index (χ2n) is 4.44. The van der Waals surface area contributed by atoms with E-state index >= 15 is 0 Å². The van der Waals surface area contributed by atoms with Crippen molar-refractivity contribution in [1.82, 2.24) is 0 Å². The molecule has 0 spiro atoms. The lowest BCUT2D eigenvalue weighted by Gasteiger charge is -2.12. The van der Waals surface area contributed by atoms with Gasteiger partial charge >= 0.3 is 0 Å². The fourth-order valence-corrected chi connectivity index (χ4v) is 1.90. The van der Waals surface area contributed by atoms with E-state index in [-0.39, 0.29) is 6.04 Å². The van der Waals surface area contributed by atoms with E-state index in [0.29, 0.717) is 5.75 Å². The van der Waals surface area contributed by atoms with Crippen LogP contribution in [0.1, 0.15) is 44.6 Å². The van der Waals surface area contributed by atoms with Gasteiger partial charge in [0.2, 0.25) is 0 Å². The van der Waals surface area contributed by atoms with Crippen LogP contribution in [0.5, 0.6) is 5.75 Å². The van der Waals surface area contributed by atoms with E-state index in [1.807, 2.05) is 18.2 Å². The molecule has 0 heterocycles. The van der Waals surface area contributed by atoms with Crippen LogP contribution in [0.4, 0.5) is 0 Å². The first-order valence-corrected chi connectivity index (χ1v) is 6.26. The Morgan fingerprint density at radius 1 is 1.19 bits per heavy atom. The van der Waals surface area contributed by atoms with Crippen LogP contribution < -0.4 is 5.73 Å². The molecule has 0 aromatic heterocycles. The molecule has 0 bridgehead atoms. The molecule has 0 saturated carbocycles. The van der Waals surface area contributed by atoms with Gasteiger partial charge in [0.05, 0.1) is 0 Å². The minimum atomic E-state index is 0.171. The molecule has 2 nitrogen and oxygen atoms in total. The predicted molar refractivity (Wildman–Crippen MR) is 68.5 cm³/mol. The van der Waals surface area contributed by atoms with E-state index in [1.54, 1.807) is 6.07 Å². The molecule has 2 heteroatoms. The highest BCUT2D eigenvalue weighted by Crippen LogP contribution is 2.18. The summed E-state index contributed by atoms with van der Waals surface area (Å²) < 4.78 is 0. The van der Waals surface area contributed by atoms with Crippen molar-refractivity contribution in [3.05, 3.63) is 29.8 Å². The van der Waals surface area contributed by atoms with Crippen molar-refractivity contribution >= 4 is 0 Å². The highest BCUT2D eigenvalue weighted by atomic mass is 16.3. The lowest BCUT2D eigenvalue weighted by Crippen LogP contribution is -2.22. The Labute approximate surface area is 98.5 Å². The van der Waals surface area contributed by atoms with Crippen LogP contribution in [0.2, 0.25) is 0 Å². The van der Waals surface area contributed by atoms with Crippen LogP contribution in [0.25, 0.3) is 0 Å². The molecule has 1 atom stereocenters. The SMILES string of the molecule is CCCCCCC(N)Cc1ccccc1O. The van der Waals surface area contributed by atoms with Crippen molar-refractivity contribution in [3.63, 3.8) is 0 Å². The summed E-state index contributed by atoms with van der Waals surface area (Å²) in [7, 11) is 0. The van der Waals surface area contributed by atoms with Crippen molar-refractivity contribution in [2.24, 2.45) is 5.73 Å². The van der Waals surface area contributed by atoms with Crippen LogP contribution in [-0.2, 0) is 6.42 Å². The molecular formula is C14H23NO. The smallest absolute Gasteiger partial charge is 0.118 e. The zero-order valence-electron chi connectivity index (χ0n) is 10.2. The molecule has 90 valence electrons. The minimum Gasteiger partial charge on any atom is -0.508 e. The van der Waals surface area contributed by atoms with Gasteiger partial charge in [0, 0.05) is 6.04 Å². The Hall–Kier alpha value is -1.02. The van der Waals surface area contributed by atoms with E-state index in [4.69, 9.17) is 5.73 Å². The van der Waals surface area contributed by atoms with Gasteiger partial charge in [-0.1, -0.05) is 50.8 Å². The fourth-order valence-electron chi connectivity index (χ4n) is 1.90. The number of phenolic OH excluding ortho intramolecular Hbond substituents is 1. The van der Waals surface area contributed by atoms with Gasteiger partial charge in [0.15, 0.2) is 0 Å². The number of hydrogen-bond acceptors (Lipinski definition) is 2. The molecule has 1 unspecified atom stereocenters. The van der Waals surface area contributed by atoms with Crippen molar-refractivity contribution in [1.29, 1.82) is 0 Å². The molecule has 3 N–H and O–H groups in total. The zero-order chi connectivity index (χ0) is 11.8. The molecule has 0 aliphatic rings. The molecule has 0 aliphatic heterocycles. The zero-order valence-corrected chi connectivity index (χ0v) is 10.2. The van der Waals surface area contributed by atoms with Crippen LogP contribution in [0.15, 0.2) is 24.3 Å². The van der Waals surface area contributed by atoms with Gasteiger partial charge in [-0.25, -0.2) is 0 Å². The van der Waals surface area contributed by atoms with E-state index in [0.717, 1.165) is 18.4 Å². The van der Waals surface area contributed by atoms with Gasteiger partial charge in [-0.2, -0.15) is 0 Å². The number of aromatic hydroxyl groups is 1. The predicted octanol–water partition coefficient (Wildman–Crippen LogP) is 3.23. The van der Waals surface area contributed by atoms with Crippen LogP contribution in [0.3, 0.4) is 0 Å². The largest absolute Gasteiger partial charge is 0.508 e. The molecular weight excluding hydrogens is 198 g/mol. The summed E-state index contributed by atoms with van der Waals surface area (Å²) in [5, 5.41) is 9.61. The van der Waals surface area contributed by atoms with E-state index < -0.39 is 0 Å². The first kappa shape index (κ1) is 13.0. The maximum absolute atomic E-state index is 9.61. The summed E-state index contributed by atoms with van der Waals surface area (Å²) in [6, 6.07) is 7.62. The third kappa shape index (κ3) is 4.67. The molecule has 0 fully saturated rings. The molecule has 0 saturated heterocycles. The van der Waals surface area contributed by atoms with Gasteiger partial charge in [-0.3, -0.25) is 0 Å². The maximum Gasteiger partial charge on any atom is 0.118 e. The Morgan fingerprint density at radius 2 is 1.94 bits per heavy atom. The quantitative estimate of drug-likeness (QED) is 0.694. The highest BCUT2D eigenvalue weighted by Gasteiger charge is 2.06. The summed E-state index contributed by atoms with van der Waals surface area (Å²) >= 11 is 0. The lowest BCUT2D eigenvalue weighted by atomic mass is 10.0. The molecule has 0 radical (unpaired) electrons. The number of nitrogens with two attached hydrogens (primary N) is 1. The average molecular weight is 221 g/mol. The standard InChI is InChI=1S/C14H23NO/c1-2-3-4-5-9-13(15)11-12-8-6-7-10-14(12)16/h6-8,10,13,16H,2-5,9,11,15H2,1H3. The Balaban J connectivity index is 2.28. The minimum absolute atomic E-state index is 0.171. The van der Waals surface area contributed by atoms with Gasteiger partial charge in [0.1, 0.15) is 5.75 Å². The number of phenols is 1. The summed E-state index contributed by atoms with van der Waals surface area (Å²) in [5.41, 5.74) is 7.01. The second-order valence-corrected chi connectivity index (χ2v) is 4.44. The molecule has 1 aromatic carbocycles. The first-order valence-electron chi connectivity index (χ1n) is 6.26. The molecule has 0 amide bonds. The summed E-state index contributed by atoms with van der Waals surface area (Å²) in [6.07, 6.45) is 6.85. The Kier molecular flexibility index (Phi) is 5.94. The summed E-state index contributed by atoms with van der Waals surface area (Å²) in [4.78, 5) is 0. The van der Waals surface area contributed by atoms with E-state index in [2.05, 4.69) is 6.92 Å². The van der Waals surface area contributed by atoms with Crippen molar-refractivity contribution in [3.8, 4) is 5.75 Å². The number of unbranched alkanes of at least 4 members (excludes halogenated alkanes) is 3. The highest BCUT2D eigenvalue weighted by molar-refractivity contribution is 5.32. The van der Waals surface area contributed by atoms with Crippen LogP contribution >= 0.6 is 0 Å². The first-order chi connectivity index (χ1) is 7.74. The lowest BCUT2D eigenvalue weighted by molar-refractivity contribution is 0.461. The second kappa shape index (κ2) is 7.29. The fraction of sp³-hybridized carbons (Fsp3) is 0.571. The summed E-state index contributed by atoms with van der Waals surface area (Å²) in [5.74, 6) is 0.367. The monoisotopic (exact) mass is 221 g/mol. The molecule has 0 aliphatic carbocycles. The molecule has 1 aromatic rings. The van der Waals surface area contributed by atoms with Gasteiger partial charge in [0.25, 0.3) is 0 Å². The van der Waals surface area contributed by atoms with Crippen molar-refractivity contribution in [2.75, 3.05) is 0 Å². The Morgan fingerprint density at radius 3 is 2.62 bits per heavy atom. The summed E-state index contributed by atoms with van der Waals surface area (Å²) in [6.45, 7) is 2.21. The Bertz CT molecular complexity index is 299. The van der Waals surface area contributed by atoms with Crippen molar-refractivity contribution < 1.29 is 5.11 Å². The number of rotatable bonds is 7. The third-order valence-corrected chi connectivity index (χ3v) is 2.90. The number of para-hydroxylation sites is 1. The number of hydrogen-bond donors (Lipinski definition) is 2. The van der Waals surface area contributed by atoms with Gasteiger partial charge in [-0.05, 0) is 24.5 Å². The normalized spacial score (nSPS) is 12.6. The van der Waals surface area contributed by atoms with Crippen molar-refractivity contribution in [2.45, 2.75) is 51.5 Å². The van der Waals surface area contributed by atoms with E-state index in [1.165, 1.54) is 25.7 Å². The maximum atomic E-state index is 9.61.